The number of aromatic nitrogens is 3. The number of aliphatic hydroxyl groups is 1. The summed E-state index contributed by atoms with van der Waals surface area (Å²) >= 11 is 1.64. The average molecular weight is 556 g/mol. The second-order valence-corrected chi connectivity index (χ2v) is 12.8. The number of carbonyl (C=O) groups is 3. The van der Waals surface area contributed by atoms with Gasteiger partial charge in [0.05, 0.1) is 28.7 Å². The Morgan fingerprint density at radius 1 is 1.28 bits per heavy atom. The smallest absolute Gasteiger partial charge is 0.311 e. The van der Waals surface area contributed by atoms with Gasteiger partial charge in [0.25, 0.3) is 0 Å². The maximum Gasteiger partial charge on any atom is 0.311 e. The predicted octanol–water partition coefficient (Wildman–Crippen LogP) is 2.61. The lowest BCUT2D eigenvalue weighted by molar-refractivity contribution is -0.155. The first-order valence-electron chi connectivity index (χ1n) is 13.8. The van der Waals surface area contributed by atoms with E-state index in [0.717, 1.165) is 23.9 Å². The number of unbranched alkanes of at least 4 members (excludes halogenated alkanes) is 2. The Balaban J connectivity index is 1.51. The number of benzene rings is 1. The first-order chi connectivity index (χ1) is 18.8. The van der Waals surface area contributed by atoms with Gasteiger partial charge in [0.2, 0.25) is 11.8 Å². The Bertz CT molecular complexity index is 1270. The molecule has 2 aromatic rings. The number of para-hydroxylation sites is 1. The van der Waals surface area contributed by atoms with E-state index in [4.69, 9.17) is 4.74 Å². The third-order valence-electron chi connectivity index (χ3n) is 8.49. The molecule has 5 atom stereocenters. The number of aliphatic hydroxyl groups excluding tert-OH is 1. The number of rotatable bonds is 12. The van der Waals surface area contributed by atoms with Gasteiger partial charge in [-0.25, -0.2) is 4.68 Å². The van der Waals surface area contributed by atoms with Crippen molar-refractivity contribution in [1.82, 2.24) is 24.8 Å². The van der Waals surface area contributed by atoms with Crippen LogP contribution in [0.25, 0.3) is 11.0 Å². The molecule has 0 saturated carbocycles. The Morgan fingerprint density at radius 2 is 2.08 bits per heavy atom. The highest BCUT2D eigenvalue weighted by atomic mass is 32.2. The third kappa shape index (κ3) is 4.53. The fourth-order valence-corrected chi connectivity index (χ4v) is 9.17. The van der Waals surface area contributed by atoms with Gasteiger partial charge in [-0.05, 0) is 58.1 Å². The van der Waals surface area contributed by atoms with Crippen molar-refractivity contribution in [3.05, 3.63) is 36.9 Å². The Hall–Kier alpha value is -2.92. The molecule has 2 bridgehead atoms. The highest BCUT2D eigenvalue weighted by Gasteiger charge is 2.77. The van der Waals surface area contributed by atoms with Gasteiger partial charge in [-0.2, -0.15) is 0 Å². The van der Waals surface area contributed by atoms with Crippen LogP contribution in [0.15, 0.2) is 36.9 Å². The van der Waals surface area contributed by atoms with Crippen LogP contribution < -0.4 is 0 Å². The maximum absolute atomic E-state index is 14.5. The normalized spacial score (nSPS) is 29.2. The topological polar surface area (TPSA) is 118 Å². The van der Waals surface area contributed by atoms with E-state index < -0.39 is 27.4 Å². The van der Waals surface area contributed by atoms with Crippen molar-refractivity contribution in [2.45, 2.75) is 68.2 Å². The standard InChI is InChI=1S/C28H37N5O5S/c1-4-15-31(18-33-20-12-8-7-11-19(20)29-30-33)25(36)23-28-14-13-27(3,39-28)22(26(37)38-5-2)21(28)24(35)32(23)16-9-6-10-17-34/h4,7-8,11-12,21-23,34H,1,5-6,9-10,13-18H2,2-3H3/t21-,22+,23?,27-,28?/m0/s1. The molecular formula is C28H37N5O5S. The van der Waals surface area contributed by atoms with Gasteiger partial charge < -0.3 is 19.6 Å². The van der Waals surface area contributed by atoms with Crippen molar-refractivity contribution >= 4 is 40.6 Å². The molecule has 39 heavy (non-hydrogen) atoms. The van der Waals surface area contributed by atoms with Gasteiger partial charge in [-0.3, -0.25) is 14.4 Å². The monoisotopic (exact) mass is 555 g/mol. The molecule has 1 spiro atoms. The molecule has 1 aromatic heterocycles. The fraction of sp³-hybridized carbons (Fsp3) is 0.607. The Kier molecular flexibility index (Phi) is 7.74. The predicted molar refractivity (Wildman–Crippen MR) is 147 cm³/mol. The van der Waals surface area contributed by atoms with E-state index in [1.165, 1.54) is 0 Å². The van der Waals surface area contributed by atoms with Gasteiger partial charge >= 0.3 is 5.97 Å². The van der Waals surface area contributed by atoms with Crippen molar-refractivity contribution in [2.75, 3.05) is 26.3 Å². The van der Waals surface area contributed by atoms with Crippen molar-refractivity contribution in [1.29, 1.82) is 0 Å². The van der Waals surface area contributed by atoms with E-state index in [9.17, 15) is 19.5 Å². The summed E-state index contributed by atoms with van der Waals surface area (Å²) in [4.78, 5) is 45.3. The van der Waals surface area contributed by atoms with Crippen molar-refractivity contribution in [3.8, 4) is 0 Å². The number of carbonyl (C=O) groups excluding carboxylic acids is 3. The molecule has 0 aliphatic carbocycles. The van der Waals surface area contributed by atoms with Gasteiger partial charge in [0.1, 0.15) is 18.2 Å². The summed E-state index contributed by atoms with van der Waals surface area (Å²) in [6.07, 6.45) is 5.14. The zero-order chi connectivity index (χ0) is 27.8. The number of hydrogen-bond acceptors (Lipinski definition) is 8. The van der Waals surface area contributed by atoms with Crippen LogP contribution in [0.1, 0.15) is 46.0 Å². The minimum Gasteiger partial charge on any atom is -0.466 e. The van der Waals surface area contributed by atoms with Gasteiger partial charge in [-0.15, -0.1) is 23.4 Å². The number of hydrogen-bond donors (Lipinski definition) is 1. The molecule has 1 aromatic carbocycles. The summed E-state index contributed by atoms with van der Waals surface area (Å²) in [5.41, 5.74) is 1.55. The van der Waals surface area contributed by atoms with Gasteiger partial charge in [0.15, 0.2) is 0 Å². The van der Waals surface area contributed by atoms with Crippen LogP contribution in [0.5, 0.6) is 0 Å². The number of amides is 2. The molecule has 4 heterocycles. The second-order valence-electron chi connectivity index (χ2n) is 10.9. The molecule has 3 aliphatic heterocycles. The molecule has 0 radical (unpaired) electrons. The zero-order valence-corrected chi connectivity index (χ0v) is 23.4. The molecule has 2 unspecified atom stereocenters. The number of likely N-dealkylation sites (tertiary alicyclic amines) is 1. The highest BCUT2D eigenvalue weighted by molar-refractivity contribution is 8.02. The summed E-state index contributed by atoms with van der Waals surface area (Å²) in [5.74, 6) is -1.86. The summed E-state index contributed by atoms with van der Waals surface area (Å²) in [5, 5.41) is 17.8. The second kappa shape index (κ2) is 10.9. The molecule has 210 valence electrons. The largest absolute Gasteiger partial charge is 0.466 e. The average Bonchev–Trinajstić information content (AvgIpc) is 3.62. The minimum atomic E-state index is -0.717. The number of esters is 1. The summed E-state index contributed by atoms with van der Waals surface area (Å²) in [6, 6.07) is 6.85. The van der Waals surface area contributed by atoms with Crippen LogP contribution in [0.4, 0.5) is 0 Å². The van der Waals surface area contributed by atoms with Crippen LogP contribution in [0.3, 0.4) is 0 Å². The SMILES string of the molecule is C=CCN(Cn1nnc2ccccc21)C(=O)C1N(CCCCCO)C(=O)[C@@H]2[C@H](C(=O)OCC)[C@]3(C)CCC12S3. The summed E-state index contributed by atoms with van der Waals surface area (Å²) in [7, 11) is 0. The van der Waals surface area contributed by atoms with Gasteiger partial charge in [0, 0.05) is 24.4 Å². The molecule has 5 rings (SSSR count). The van der Waals surface area contributed by atoms with E-state index in [0.29, 0.717) is 25.8 Å². The number of thioether (sulfide) groups is 1. The quantitative estimate of drug-likeness (QED) is 0.241. The number of fused-ring (bicyclic) bond motifs is 2. The molecule has 1 N–H and O–H groups in total. The van der Waals surface area contributed by atoms with Crippen LogP contribution >= 0.6 is 11.8 Å². The lowest BCUT2D eigenvalue weighted by atomic mass is 9.66. The van der Waals surface area contributed by atoms with Gasteiger partial charge in [-0.1, -0.05) is 23.4 Å². The Morgan fingerprint density at radius 3 is 2.82 bits per heavy atom. The summed E-state index contributed by atoms with van der Waals surface area (Å²) in [6.45, 7) is 8.85. The third-order valence-corrected chi connectivity index (χ3v) is 10.5. The van der Waals surface area contributed by atoms with E-state index in [1.54, 1.807) is 39.2 Å². The molecule has 11 heteroatoms. The maximum atomic E-state index is 14.5. The van der Waals surface area contributed by atoms with Crippen molar-refractivity contribution < 1.29 is 24.2 Å². The lowest BCUT2D eigenvalue weighted by Gasteiger charge is -2.37. The molecule has 10 nitrogen and oxygen atoms in total. The van der Waals surface area contributed by atoms with Crippen LogP contribution in [-0.2, 0) is 25.8 Å². The van der Waals surface area contributed by atoms with E-state index in [-0.39, 0.29) is 44.2 Å². The number of ether oxygens (including phenoxy) is 1. The molecular weight excluding hydrogens is 518 g/mol. The number of nitrogens with zero attached hydrogens (tertiary/aromatic N) is 5. The fourth-order valence-electron chi connectivity index (χ4n) is 6.84. The van der Waals surface area contributed by atoms with Crippen molar-refractivity contribution in [3.63, 3.8) is 0 Å². The minimum absolute atomic E-state index is 0.0843. The summed E-state index contributed by atoms with van der Waals surface area (Å²) < 4.78 is 5.98. The molecule has 3 fully saturated rings. The first-order valence-corrected chi connectivity index (χ1v) is 14.6. The van der Waals surface area contributed by atoms with E-state index in [2.05, 4.69) is 16.9 Å². The van der Waals surface area contributed by atoms with Crippen LogP contribution in [0, 0.1) is 11.8 Å². The lowest BCUT2D eigenvalue weighted by Crippen LogP contribution is -2.55. The van der Waals surface area contributed by atoms with Crippen LogP contribution in [0.2, 0.25) is 0 Å². The van der Waals surface area contributed by atoms with E-state index in [1.807, 2.05) is 31.2 Å². The Labute approximate surface area is 232 Å². The first kappa shape index (κ1) is 27.6. The van der Waals surface area contributed by atoms with Crippen molar-refractivity contribution in [2.24, 2.45) is 11.8 Å². The molecule has 3 saturated heterocycles. The molecule has 2 amide bonds. The zero-order valence-electron chi connectivity index (χ0n) is 22.6. The highest BCUT2D eigenvalue weighted by Crippen LogP contribution is 2.71. The van der Waals surface area contributed by atoms with E-state index >= 15 is 0 Å². The molecule has 3 aliphatic rings. The van der Waals surface area contributed by atoms with Crippen LogP contribution in [-0.4, -0.2) is 89.5 Å².